The average Bonchev–Trinajstić information content (AvgIpc) is 3.32. The second kappa shape index (κ2) is 8.64. The third-order valence-electron chi connectivity index (χ3n) is 4.98. The normalized spacial score (nSPS) is 16.3. The average molecular weight is 457 g/mol. The van der Waals surface area contributed by atoms with Gasteiger partial charge >= 0.3 is 5.97 Å². The van der Waals surface area contributed by atoms with Crippen molar-refractivity contribution in [2.45, 2.75) is 33.4 Å². The first-order valence-electron chi connectivity index (χ1n) is 9.90. The minimum absolute atomic E-state index is 0.220. The van der Waals surface area contributed by atoms with Gasteiger partial charge in [-0.2, -0.15) is 5.10 Å². The lowest BCUT2D eigenvalue weighted by molar-refractivity contribution is -0.139. The largest absolute Gasteiger partial charge is 0.463 e. The van der Waals surface area contributed by atoms with Crippen LogP contribution in [-0.2, 0) is 16.1 Å². The third-order valence-corrected chi connectivity index (χ3v) is 6.21. The number of nitrogens with zero attached hydrogens (tertiary/aromatic N) is 4. The number of hydrogen-bond acceptors (Lipinski definition) is 6. The molecule has 0 fully saturated rings. The van der Waals surface area contributed by atoms with Gasteiger partial charge in [-0.1, -0.05) is 35.1 Å². The van der Waals surface area contributed by atoms with Gasteiger partial charge in [0, 0.05) is 23.3 Å². The minimum Gasteiger partial charge on any atom is -0.463 e. The number of aromatic nitrogens is 3. The molecule has 0 N–H and O–H groups in total. The molecular formula is C22H21ClN4O3S. The first-order valence-corrected chi connectivity index (χ1v) is 11.1. The molecule has 3 aromatic rings. The van der Waals surface area contributed by atoms with Crippen molar-refractivity contribution in [3.63, 3.8) is 0 Å². The fourth-order valence-corrected chi connectivity index (χ4v) is 4.70. The number of carbonyl (C=O) groups excluding carboxylic acids is 1. The Morgan fingerprint density at radius 2 is 2.03 bits per heavy atom. The van der Waals surface area contributed by atoms with E-state index in [1.165, 1.54) is 11.3 Å². The molecule has 7 nitrogen and oxygen atoms in total. The van der Waals surface area contributed by atoms with E-state index in [0.717, 1.165) is 17.7 Å². The topological polar surface area (TPSA) is 78.5 Å². The highest BCUT2D eigenvalue weighted by molar-refractivity contribution is 7.07. The molecule has 0 saturated carbocycles. The highest BCUT2D eigenvalue weighted by Gasteiger charge is 2.33. The molecule has 0 radical (unpaired) electrons. The zero-order valence-corrected chi connectivity index (χ0v) is 18.9. The Labute approximate surface area is 187 Å². The van der Waals surface area contributed by atoms with E-state index in [4.69, 9.17) is 16.3 Å². The molecule has 3 heterocycles. The molecule has 0 amide bonds. The molecule has 0 aliphatic carbocycles. The maximum absolute atomic E-state index is 13.4. The molecule has 31 heavy (non-hydrogen) atoms. The number of thiazole rings is 1. The maximum Gasteiger partial charge on any atom is 0.338 e. The molecule has 4 rings (SSSR count). The summed E-state index contributed by atoms with van der Waals surface area (Å²) in [6, 6.07) is 6.46. The smallest absolute Gasteiger partial charge is 0.338 e. The molecular weight excluding hydrogens is 436 g/mol. The number of halogens is 1. The van der Waals surface area contributed by atoms with Crippen LogP contribution in [0.15, 0.2) is 57.7 Å². The minimum atomic E-state index is -0.645. The number of allylic oxidation sites excluding steroid dienone is 1. The standard InChI is InChI=1S/C22H21ClN4O3S/c1-4-26-12-14(11-24-26)10-17-20(28)27-19(15-6-8-16(23)9-7-15)18(21(29)30-5-2)13(3)25-22(27)31-17/h6-12,19H,4-5H2,1-3H3/b17-10+/t19-/m0/s1. The number of hydrogen-bond donors (Lipinski definition) is 0. The third kappa shape index (κ3) is 4.00. The van der Waals surface area contributed by atoms with Gasteiger partial charge in [0.25, 0.3) is 5.56 Å². The van der Waals surface area contributed by atoms with Crippen molar-refractivity contribution < 1.29 is 9.53 Å². The van der Waals surface area contributed by atoms with Crippen LogP contribution in [0.1, 0.15) is 37.9 Å². The Balaban J connectivity index is 1.93. The number of ether oxygens (including phenoxy) is 1. The molecule has 9 heteroatoms. The van der Waals surface area contributed by atoms with Crippen molar-refractivity contribution in [1.29, 1.82) is 0 Å². The second-order valence-corrected chi connectivity index (χ2v) is 8.43. The Hall–Kier alpha value is -2.97. The first kappa shape index (κ1) is 21.3. The summed E-state index contributed by atoms with van der Waals surface area (Å²) in [5.41, 5.74) is 2.25. The van der Waals surface area contributed by atoms with Crippen LogP contribution < -0.4 is 14.9 Å². The summed E-state index contributed by atoms with van der Waals surface area (Å²) >= 11 is 7.35. The molecule has 1 atom stereocenters. The Kier molecular flexibility index (Phi) is 5.93. The molecule has 0 bridgehead atoms. The Bertz CT molecular complexity index is 1350. The Morgan fingerprint density at radius 3 is 2.68 bits per heavy atom. The van der Waals surface area contributed by atoms with Crippen LogP contribution in [-0.4, -0.2) is 26.9 Å². The van der Waals surface area contributed by atoms with Gasteiger partial charge in [0.1, 0.15) is 0 Å². The lowest BCUT2D eigenvalue weighted by atomic mass is 9.96. The zero-order valence-electron chi connectivity index (χ0n) is 17.3. The number of benzene rings is 1. The van der Waals surface area contributed by atoms with Crippen molar-refractivity contribution in [2.75, 3.05) is 6.61 Å². The zero-order chi connectivity index (χ0) is 22.1. The fourth-order valence-electron chi connectivity index (χ4n) is 3.53. The van der Waals surface area contributed by atoms with E-state index in [9.17, 15) is 9.59 Å². The van der Waals surface area contributed by atoms with E-state index in [-0.39, 0.29) is 12.2 Å². The first-order chi connectivity index (χ1) is 14.9. The lowest BCUT2D eigenvalue weighted by Crippen LogP contribution is -2.39. The molecule has 1 aliphatic heterocycles. The molecule has 1 aromatic carbocycles. The van der Waals surface area contributed by atoms with Gasteiger partial charge in [0.15, 0.2) is 4.80 Å². The number of esters is 1. The monoisotopic (exact) mass is 456 g/mol. The van der Waals surface area contributed by atoms with E-state index in [1.807, 2.05) is 25.3 Å². The number of carbonyl (C=O) groups is 1. The molecule has 1 aliphatic rings. The van der Waals surface area contributed by atoms with E-state index >= 15 is 0 Å². The highest BCUT2D eigenvalue weighted by Crippen LogP contribution is 2.31. The molecule has 160 valence electrons. The summed E-state index contributed by atoms with van der Waals surface area (Å²) < 4.78 is 9.16. The number of rotatable bonds is 5. The van der Waals surface area contributed by atoms with Gasteiger partial charge in [-0.05, 0) is 44.5 Å². The predicted molar refractivity (Wildman–Crippen MR) is 120 cm³/mol. The van der Waals surface area contributed by atoms with Gasteiger partial charge < -0.3 is 4.74 Å². The molecule has 0 saturated heterocycles. The van der Waals surface area contributed by atoms with Gasteiger partial charge in [-0.25, -0.2) is 9.79 Å². The van der Waals surface area contributed by atoms with E-state index in [2.05, 4.69) is 10.1 Å². The van der Waals surface area contributed by atoms with Crippen LogP contribution in [0.4, 0.5) is 0 Å². The maximum atomic E-state index is 13.4. The highest BCUT2D eigenvalue weighted by atomic mass is 35.5. The summed E-state index contributed by atoms with van der Waals surface area (Å²) in [6.07, 6.45) is 5.39. The summed E-state index contributed by atoms with van der Waals surface area (Å²) in [7, 11) is 0. The molecule has 0 spiro atoms. The van der Waals surface area contributed by atoms with Crippen LogP contribution in [0.2, 0.25) is 5.02 Å². The number of aryl methyl sites for hydroxylation is 1. The second-order valence-electron chi connectivity index (χ2n) is 6.98. The summed E-state index contributed by atoms with van der Waals surface area (Å²) in [6.45, 7) is 6.48. The van der Waals surface area contributed by atoms with Crippen molar-refractivity contribution in [2.24, 2.45) is 4.99 Å². The van der Waals surface area contributed by atoms with Crippen molar-refractivity contribution in [3.05, 3.63) is 83.8 Å². The van der Waals surface area contributed by atoms with Crippen LogP contribution >= 0.6 is 22.9 Å². The number of fused-ring (bicyclic) bond motifs is 1. The van der Waals surface area contributed by atoms with Crippen LogP contribution in [0.3, 0.4) is 0 Å². The van der Waals surface area contributed by atoms with Gasteiger partial charge in [0.05, 0.1) is 34.6 Å². The summed E-state index contributed by atoms with van der Waals surface area (Å²) in [5.74, 6) is -0.484. The lowest BCUT2D eigenvalue weighted by Gasteiger charge is -2.24. The fraction of sp³-hybridized carbons (Fsp3) is 0.273. The van der Waals surface area contributed by atoms with Crippen molar-refractivity contribution in [1.82, 2.24) is 14.3 Å². The summed E-state index contributed by atoms with van der Waals surface area (Å²) in [4.78, 5) is 31.3. The van der Waals surface area contributed by atoms with Gasteiger partial charge in [-0.3, -0.25) is 14.0 Å². The predicted octanol–water partition coefficient (Wildman–Crippen LogP) is 2.67. The van der Waals surface area contributed by atoms with Gasteiger partial charge in [0.2, 0.25) is 0 Å². The van der Waals surface area contributed by atoms with E-state index in [1.54, 1.807) is 47.5 Å². The van der Waals surface area contributed by atoms with E-state index < -0.39 is 12.0 Å². The van der Waals surface area contributed by atoms with Gasteiger partial charge in [-0.15, -0.1) is 0 Å². The van der Waals surface area contributed by atoms with Crippen molar-refractivity contribution in [3.8, 4) is 0 Å². The van der Waals surface area contributed by atoms with E-state index in [0.29, 0.717) is 25.6 Å². The van der Waals surface area contributed by atoms with Crippen molar-refractivity contribution >= 4 is 35.0 Å². The summed E-state index contributed by atoms with van der Waals surface area (Å²) in [5, 5.41) is 4.83. The van der Waals surface area contributed by atoms with Crippen LogP contribution in [0.5, 0.6) is 0 Å². The van der Waals surface area contributed by atoms with Crippen LogP contribution in [0.25, 0.3) is 6.08 Å². The molecule has 2 aromatic heterocycles. The van der Waals surface area contributed by atoms with Crippen LogP contribution in [0, 0.1) is 0 Å². The molecule has 0 unspecified atom stereocenters. The SMILES string of the molecule is CCOC(=O)C1=C(C)N=c2s/c(=C/c3cnn(CC)c3)c(=O)n2[C@H]1c1ccc(Cl)cc1. The Morgan fingerprint density at radius 1 is 1.29 bits per heavy atom. The quantitative estimate of drug-likeness (QED) is 0.553.